The minimum atomic E-state index is -0.215. The van der Waals surface area contributed by atoms with Crippen molar-refractivity contribution >= 4 is 41.5 Å². The molecule has 0 aliphatic carbocycles. The van der Waals surface area contributed by atoms with E-state index in [1.807, 2.05) is 6.07 Å². The molecule has 1 aliphatic rings. The van der Waals surface area contributed by atoms with Gasteiger partial charge in [-0.1, -0.05) is 19.4 Å². The Balaban J connectivity index is 0.00000392. The van der Waals surface area contributed by atoms with Gasteiger partial charge in [-0.15, -0.1) is 24.0 Å². The average Bonchev–Trinajstić information content (AvgIpc) is 2.66. The summed E-state index contributed by atoms with van der Waals surface area (Å²) in [7, 11) is 3.46. The molecule has 158 valence electrons. The molecule has 0 saturated carbocycles. The van der Waals surface area contributed by atoms with Gasteiger partial charge in [0.1, 0.15) is 12.4 Å². The van der Waals surface area contributed by atoms with E-state index < -0.39 is 0 Å². The van der Waals surface area contributed by atoms with Crippen LogP contribution in [-0.2, 0) is 4.79 Å². The van der Waals surface area contributed by atoms with Crippen LogP contribution >= 0.6 is 24.0 Å². The monoisotopic (exact) mass is 505 g/mol. The number of carbonyl (C=O) groups is 1. The number of likely N-dealkylation sites (N-methyl/N-ethyl adjacent to an activating group) is 1. The van der Waals surface area contributed by atoms with Gasteiger partial charge in [-0.25, -0.2) is 9.38 Å². The van der Waals surface area contributed by atoms with Crippen molar-refractivity contribution in [1.29, 1.82) is 0 Å². The molecule has 0 bridgehead atoms. The second-order valence-electron chi connectivity index (χ2n) is 7.14. The molecule has 0 aromatic heterocycles. The molecule has 1 aromatic rings. The average molecular weight is 505 g/mol. The van der Waals surface area contributed by atoms with Crippen molar-refractivity contribution in [2.45, 2.75) is 38.6 Å². The summed E-state index contributed by atoms with van der Waals surface area (Å²) in [6.07, 6.45) is 4.17. The highest BCUT2D eigenvalue weighted by Crippen LogP contribution is 2.20. The Morgan fingerprint density at radius 2 is 2.18 bits per heavy atom. The fraction of sp³-hybridized carbons (Fsp3) is 0.600. The number of rotatable bonds is 7. The number of aliphatic imine (C=N–C) groups is 1. The molecule has 28 heavy (non-hydrogen) atoms. The smallest absolute Gasteiger partial charge is 0.243 e. The second kappa shape index (κ2) is 12.8. The van der Waals surface area contributed by atoms with Crippen LogP contribution in [0.4, 0.5) is 10.1 Å². The van der Waals surface area contributed by atoms with Crippen molar-refractivity contribution < 1.29 is 9.18 Å². The number of halogens is 2. The van der Waals surface area contributed by atoms with Crippen LogP contribution < -0.4 is 15.5 Å². The third-order valence-corrected chi connectivity index (χ3v) is 4.63. The lowest BCUT2D eigenvalue weighted by Gasteiger charge is -2.35. The number of anilines is 1. The van der Waals surface area contributed by atoms with Crippen molar-refractivity contribution in [3.63, 3.8) is 0 Å². The van der Waals surface area contributed by atoms with Crippen LogP contribution in [-0.4, -0.2) is 63.1 Å². The Kier molecular flexibility index (Phi) is 11.2. The number of unbranched alkanes of at least 4 members (excludes halogenated alkanes) is 1. The summed E-state index contributed by atoms with van der Waals surface area (Å²) >= 11 is 0. The SMILES string of the molecule is CCCCNC(=NCC(=O)N(C)C)NC1CCCN(c2cccc(F)c2)C1.I. The number of nitrogens with zero attached hydrogens (tertiary/aromatic N) is 3. The first kappa shape index (κ1) is 24.5. The highest BCUT2D eigenvalue weighted by atomic mass is 127. The Hall–Kier alpha value is -1.58. The molecule has 1 atom stereocenters. The van der Waals surface area contributed by atoms with E-state index >= 15 is 0 Å². The molecular formula is C20H33FIN5O. The van der Waals surface area contributed by atoms with Gasteiger partial charge in [-0.05, 0) is 37.5 Å². The van der Waals surface area contributed by atoms with Crippen molar-refractivity contribution in [1.82, 2.24) is 15.5 Å². The number of nitrogens with one attached hydrogen (secondary N) is 2. The van der Waals surface area contributed by atoms with Gasteiger partial charge < -0.3 is 20.4 Å². The van der Waals surface area contributed by atoms with Gasteiger partial charge in [0.15, 0.2) is 5.96 Å². The zero-order valence-corrected chi connectivity index (χ0v) is 19.4. The molecule has 6 nitrogen and oxygen atoms in total. The molecule has 1 aromatic carbocycles. The molecule has 2 rings (SSSR count). The van der Waals surface area contributed by atoms with E-state index in [-0.39, 0.29) is 48.3 Å². The van der Waals surface area contributed by atoms with Crippen molar-refractivity contribution in [2.24, 2.45) is 4.99 Å². The Morgan fingerprint density at radius 3 is 2.86 bits per heavy atom. The van der Waals surface area contributed by atoms with Crippen molar-refractivity contribution in [3.8, 4) is 0 Å². The van der Waals surface area contributed by atoms with E-state index in [1.165, 1.54) is 6.07 Å². The minimum absolute atomic E-state index is 0. The summed E-state index contributed by atoms with van der Waals surface area (Å²) in [5, 5.41) is 6.77. The summed E-state index contributed by atoms with van der Waals surface area (Å²) in [4.78, 5) is 20.0. The maximum absolute atomic E-state index is 13.5. The van der Waals surface area contributed by atoms with E-state index in [0.29, 0.717) is 5.96 Å². The van der Waals surface area contributed by atoms with E-state index in [0.717, 1.165) is 51.0 Å². The fourth-order valence-corrected chi connectivity index (χ4v) is 3.02. The number of hydrogen-bond donors (Lipinski definition) is 2. The molecule has 1 unspecified atom stereocenters. The van der Waals surface area contributed by atoms with Gasteiger partial charge in [-0.3, -0.25) is 4.79 Å². The molecular weight excluding hydrogens is 472 g/mol. The van der Waals surface area contributed by atoms with Crippen LogP contribution in [0.15, 0.2) is 29.3 Å². The molecule has 0 radical (unpaired) electrons. The first-order valence-electron chi connectivity index (χ1n) is 9.75. The zero-order valence-electron chi connectivity index (χ0n) is 17.1. The fourth-order valence-electron chi connectivity index (χ4n) is 3.02. The number of amides is 1. The topological polar surface area (TPSA) is 60.0 Å². The summed E-state index contributed by atoms with van der Waals surface area (Å²) in [5.74, 6) is 0.426. The maximum atomic E-state index is 13.5. The largest absolute Gasteiger partial charge is 0.369 e. The predicted octanol–water partition coefficient (Wildman–Crippen LogP) is 2.84. The van der Waals surface area contributed by atoms with Crippen LogP contribution in [0.5, 0.6) is 0 Å². The normalized spacial score (nSPS) is 16.9. The molecule has 0 spiro atoms. The third kappa shape index (κ3) is 8.20. The number of hydrogen-bond acceptors (Lipinski definition) is 3. The second-order valence-corrected chi connectivity index (χ2v) is 7.14. The molecule has 1 fully saturated rings. The van der Waals surface area contributed by atoms with Crippen LogP contribution in [0.2, 0.25) is 0 Å². The quantitative estimate of drug-likeness (QED) is 0.259. The molecule has 8 heteroatoms. The van der Waals surface area contributed by atoms with Gasteiger partial charge in [0.2, 0.25) is 5.91 Å². The van der Waals surface area contributed by atoms with Crippen LogP contribution in [0.25, 0.3) is 0 Å². The number of benzene rings is 1. The van der Waals surface area contributed by atoms with E-state index in [2.05, 4.69) is 27.4 Å². The molecule has 1 heterocycles. The Labute approximate surface area is 185 Å². The highest BCUT2D eigenvalue weighted by Gasteiger charge is 2.21. The van der Waals surface area contributed by atoms with Crippen LogP contribution in [0.3, 0.4) is 0 Å². The molecule has 1 aliphatic heterocycles. The van der Waals surface area contributed by atoms with Gasteiger partial charge >= 0.3 is 0 Å². The van der Waals surface area contributed by atoms with E-state index in [4.69, 9.17) is 0 Å². The standard InChI is InChI=1S/C20H32FN5O.HI/c1-4-5-11-22-20(23-14-19(27)25(2)3)24-17-9-7-12-26(15-17)18-10-6-8-16(21)13-18;/h6,8,10,13,17H,4-5,7,9,11-12,14-15H2,1-3H3,(H2,22,23,24);1H. The van der Waals surface area contributed by atoms with Gasteiger partial charge in [-0.2, -0.15) is 0 Å². The molecule has 2 N–H and O–H groups in total. The zero-order chi connectivity index (χ0) is 19.6. The van der Waals surface area contributed by atoms with Crippen LogP contribution in [0.1, 0.15) is 32.6 Å². The first-order chi connectivity index (χ1) is 13.0. The highest BCUT2D eigenvalue weighted by molar-refractivity contribution is 14.0. The summed E-state index contributed by atoms with van der Waals surface area (Å²) in [6, 6.07) is 6.92. The van der Waals surface area contributed by atoms with E-state index in [1.54, 1.807) is 31.1 Å². The lowest BCUT2D eigenvalue weighted by Crippen LogP contribution is -2.51. The van der Waals surface area contributed by atoms with E-state index in [9.17, 15) is 9.18 Å². The lowest BCUT2D eigenvalue weighted by molar-refractivity contribution is -0.127. The Bertz CT molecular complexity index is 641. The summed E-state index contributed by atoms with van der Waals surface area (Å²) in [6.45, 7) is 4.77. The third-order valence-electron chi connectivity index (χ3n) is 4.63. The maximum Gasteiger partial charge on any atom is 0.243 e. The minimum Gasteiger partial charge on any atom is -0.369 e. The number of piperidine rings is 1. The van der Waals surface area contributed by atoms with Crippen molar-refractivity contribution in [3.05, 3.63) is 30.1 Å². The Morgan fingerprint density at radius 1 is 1.39 bits per heavy atom. The van der Waals surface area contributed by atoms with Gasteiger partial charge in [0.05, 0.1) is 0 Å². The lowest BCUT2D eigenvalue weighted by atomic mass is 10.0. The predicted molar refractivity (Wildman–Crippen MR) is 124 cm³/mol. The van der Waals surface area contributed by atoms with Gasteiger partial charge in [0, 0.05) is 45.5 Å². The molecule has 1 amide bonds. The number of guanidine groups is 1. The molecule has 1 saturated heterocycles. The first-order valence-corrected chi connectivity index (χ1v) is 9.75. The van der Waals surface area contributed by atoms with Crippen LogP contribution in [0, 0.1) is 5.82 Å². The van der Waals surface area contributed by atoms with Crippen molar-refractivity contribution in [2.75, 3.05) is 45.2 Å². The van der Waals surface area contributed by atoms with Gasteiger partial charge in [0.25, 0.3) is 0 Å². The summed E-state index contributed by atoms with van der Waals surface area (Å²) < 4.78 is 13.5. The number of carbonyl (C=O) groups excluding carboxylic acids is 1. The summed E-state index contributed by atoms with van der Waals surface area (Å²) in [5.41, 5.74) is 0.904.